The van der Waals surface area contributed by atoms with Crippen LogP contribution in [0, 0.1) is 0 Å². The number of hydrogen-bond donors (Lipinski definition) is 7. The van der Waals surface area contributed by atoms with Gasteiger partial charge in [0.15, 0.2) is 0 Å². The number of rotatable bonds is 7. The summed E-state index contributed by atoms with van der Waals surface area (Å²) in [6.45, 7) is 2.54. The predicted molar refractivity (Wildman–Crippen MR) is 82.9 cm³/mol. The molecule has 9 N–H and O–H groups in total. The first-order valence-corrected chi connectivity index (χ1v) is 7.40. The molecule has 1 saturated heterocycles. The summed E-state index contributed by atoms with van der Waals surface area (Å²) in [5.41, 5.74) is 10.6. The molecule has 0 aromatic carbocycles. The van der Waals surface area contributed by atoms with Crippen LogP contribution in [0.2, 0.25) is 6.32 Å². The fourth-order valence-electron chi connectivity index (χ4n) is 1.84. The van der Waals surface area contributed by atoms with E-state index in [-0.39, 0.29) is 18.5 Å². The lowest BCUT2D eigenvalue weighted by Crippen LogP contribution is -2.49. The van der Waals surface area contributed by atoms with E-state index in [2.05, 4.69) is 10.6 Å². The van der Waals surface area contributed by atoms with Crippen LogP contribution in [0.25, 0.3) is 0 Å². The van der Waals surface area contributed by atoms with Gasteiger partial charge in [0.25, 0.3) is 0 Å². The van der Waals surface area contributed by atoms with Crippen molar-refractivity contribution in [2.45, 2.75) is 50.6 Å². The molecule has 1 heterocycles. The van der Waals surface area contributed by atoms with Crippen molar-refractivity contribution >= 4 is 19.0 Å². The number of carboxylic acid groups (broad SMARTS) is 1. The molecular formula is C12H27BN4O5. The molecule has 0 bridgehead atoms. The Morgan fingerprint density at radius 1 is 1.45 bits per heavy atom. The molecule has 1 aliphatic rings. The second kappa shape index (κ2) is 11.4. The number of carbonyl (C=O) groups excluding carboxylic acids is 1. The average molecular weight is 318 g/mol. The molecule has 3 atom stereocenters. The van der Waals surface area contributed by atoms with Crippen LogP contribution in [0.15, 0.2) is 0 Å². The molecule has 128 valence electrons. The van der Waals surface area contributed by atoms with E-state index in [4.69, 9.17) is 26.6 Å². The first-order chi connectivity index (χ1) is 10.3. The van der Waals surface area contributed by atoms with Crippen molar-refractivity contribution in [3.8, 4) is 0 Å². The van der Waals surface area contributed by atoms with E-state index in [1.54, 1.807) is 0 Å². The zero-order valence-electron chi connectivity index (χ0n) is 12.9. The maximum Gasteiger partial charge on any atom is 0.451 e. The number of carbonyl (C=O) groups is 2. The highest BCUT2D eigenvalue weighted by Crippen LogP contribution is 2.06. The van der Waals surface area contributed by atoms with Crippen molar-refractivity contribution in [3.05, 3.63) is 0 Å². The number of aliphatic carboxylic acids is 1. The lowest BCUT2D eigenvalue weighted by molar-refractivity contribution is -0.139. The van der Waals surface area contributed by atoms with Crippen molar-refractivity contribution in [1.82, 2.24) is 10.6 Å². The summed E-state index contributed by atoms with van der Waals surface area (Å²) >= 11 is 0. The standard InChI is InChI=1S/C8H16N4O3.C4H11BO2/c9-2-5(10)7(13)12-4-1-6(8(14)15)11-3-4;1-2-3-4-5(6)7/h4-6,11H,1-3,9-10H2,(H,12,13)(H,14,15);6-7H,2-4H2,1H3. The SMILES string of the molecule is CCCCB(O)O.NCC(N)C(=O)NC1CNC(C(=O)O)C1. The van der Waals surface area contributed by atoms with Gasteiger partial charge in [0.05, 0.1) is 6.04 Å². The fourth-order valence-corrected chi connectivity index (χ4v) is 1.84. The van der Waals surface area contributed by atoms with Gasteiger partial charge in [-0.15, -0.1) is 0 Å². The minimum atomic E-state index is -1.10. The van der Waals surface area contributed by atoms with Crippen LogP contribution < -0.4 is 22.1 Å². The normalized spacial score (nSPS) is 21.5. The van der Waals surface area contributed by atoms with E-state index in [9.17, 15) is 9.59 Å². The van der Waals surface area contributed by atoms with E-state index in [1.807, 2.05) is 6.92 Å². The van der Waals surface area contributed by atoms with Gasteiger partial charge < -0.3 is 37.3 Å². The monoisotopic (exact) mass is 318 g/mol. The molecule has 9 nitrogen and oxygen atoms in total. The highest BCUT2D eigenvalue weighted by atomic mass is 16.4. The Kier molecular flexibility index (Phi) is 10.8. The number of nitrogens with two attached hydrogens (primary N) is 2. The third kappa shape index (κ3) is 8.95. The van der Waals surface area contributed by atoms with Crippen LogP contribution >= 0.6 is 0 Å². The second-order valence-electron chi connectivity index (χ2n) is 5.21. The summed E-state index contributed by atoms with van der Waals surface area (Å²) < 4.78 is 0. The Hall–Kier alpha value is -1.20. The molecule has 0 saturated carbocycles. The molecule has 0 radical (unpaired) electrons. The highest BCUT2D eigenvalue weighted by Gasteiger charge is 2.30. The zero-order chi connectivity index (χ0) is 17.1. The Bertz CT molecular complexity index is 345. The van der Waals surface area contributed by atoms with Crippen molar-refractivity contribution in [2.24, 2.45) is 11.5 Å². The van der Waals surface area contributed by atoms with Gasteiger partial charge in [-0.3, -0.25) is 9.59 Å². The van der Waals surface area contributed by atoms with Gasteiger partial charge in [0.1, 0.15) is 6.04 Å². The Labute approximate surface area is 130 Å². The predicted octanol–water partition coefficient (Wildman–Crippen LogP) is -2.54. The summed E-state index contributed by atoms with van der Waals surface area (Å²) in [5.74, 6) is -1.25. The van der Waals surface area contributed by atoms with E-state index < -0.39 is 25.2 Å². The molecule has 1 rings (SSSR count). The lowest BCUT2D eigenvalue weighted by atomic mass is 9.84. The number of carboxylic acids is 1. The number of nitrogens with one attached hydrogen (secondary N) is 2. The second-order valence-corrected chi connectivity index (χ2v) is 5.21. The highest BCUT2D eigenvalue weighted by molar-refractivity contribution is 6.40. The van der Waals surface area contributed by atoms with Gasteiger partial charge in [0.2, 0.25) is 5.91 Å². The molecular weight excluding hydrogens is 291 g/mol. The van der Waals surface area contributed by atoms with Gasteiger partial charge in [-0.05, 0) is 12.7 Å². The largest absolute Gasteiger partial charge is 0.480 e. The molecule has 1 fully saturated rings. The minimum Gasteiger partial charge on any atom is -0.480 e. The maximum absolute atomic E-state index is 11.3. The van der Waals surface area contributed by atoms with Crippen molar-refractivity contribution in [3.63, 3.8) is 0 Å². The van der Waals surface area contributed by atoms with Crippen LogP contribution in [-0.4, -0.2) is 65.4 Å². The van der Waals surface area contributed by atoms with Crippen LogP contribution in [-0.2, 0) is 9.59 Å². The third-order valence-corrected chi connectivity index (χ3v) is 3.18. The maximum atomic E-state index is 11.3. The number of amides is 1. The molecule has 0 aromatic rings. The molecule has 0 spiro atoms. The van der Waals surface area contributed by atoms with Crippen LogP contribution in [0.4, 0.5) is 0 Å². The topological polar surface area (TPSA) is 171 Å². The van der Waals surface area contributed by atoms with E-state index in [0.29, 0.717) is 19.3 Å². The summed E-state index contributed by atoms with van der Waals surface area (Å²) in [7, 11) is -1.10. The van der Waals surface area contributed by atoms with E-state index in [1.165, 1.54) is 0 Å². The van der Waals surface area contributed by atoms with Gasteiger partial charge >= 0.3 is 13.1 Å². The number of unbranched alkanes of at least 4 members (excludes halogenated alkanes) is 1. The van der Waals surface area contributed by atoms with Crippen molar-refractivity contribution in [1.29, 1.82) is 0 Å². The summed E-state index contributed by atoms with van der Waals surface area (Å²) in [5, 5.41) is 30.6. The zero-order valence-corrected chi connectivity index (χ0v) is 12.9. The first-order valence-electron chi connectivity index (χ1n) is 7.40. The number of hydrogen-bond acceptors (Lipinski definition) is 7. The van der Waals surface area contributed by atoms with Crippen LogP contribution in [0.3, 0.4) is 0 Å². The van der Waals surface area contributed by atoms with E-state index >= 15 is 0 Å². The van der Waals surface area contributed by atoms with E-state index in [0.717, 1.165) is 12.8 Å². The van der Waals surface area contributed by atoms with Crippen LogP contribution in [0.5, 0.6) is 0 Å². The molecule has 10 heteroatoms. The molecule has 22 heavy (non-hydrogen) atoms. The molecule has 0 aromatic heterocycles. The smallest absolute Gasteiger partial charge is 0.451 e. The van der Waals surface area contributed by atoms with Crippen molar-refractivity contribution in [2.75, 3.05) is 13.1 Å². The van der Waals surface area contributed by atoms with Crippen LogP contribution in [0.1, 0.15) is 26.2 Å². The fraction of sp³-hybridized carbons (Fsp3) is 0.833. The van der Waals surface area contributed by atoms with Gasteiger partial charge in [0, 0.05) is 19.1 Å². The average Bonchev–Trinajstić information content (AvgIpc) is 2.93. The molecule has 0 aliphatic carbocycles. The van der Waals surface area contributed by atoms with Gasteiger partial charge in [-0.2, -0.15) is 0 Å². The molecule has 3 unspecified atom stereocenters. The summed E-state index contributed by atoms with van der Waals surface area (Å²) in [6.07, 6.45) is 2.81. The Balaban J connectivity index is 0.000000534. The van der Waals surface area contributed by atoms with Gasteiger partial charge in [-0.1, -0.05) is 19.8 Å². The third-order valence-electron chi connectivity index (χ3n) is 3.18. The minimum absolute atomic E-state index is 0.0777. The van der Waals surface area contributed by atoms with Gasteiger partial charge in [-0.25, -0.2) is 0 Å². The molecule has 1 amide bonds. The summed E-state index contributed by atoms with van der Waals surface area (Å²) in [6, 6.07) is -1.51. The van der Waals surface area contributed by atoms with Crippen molar-refractivity contribution < 1.29 is 24.7 Å². The Morgan fingerprint density at radius 3 is 2.45 bits per heavy atom. The summed E-state index contributed by atoms with van der Waals surface area (Å²) in [4.78, 5) is 21.9. The Morgan fingerprint density at radius 2 is 2.09 bits per heavy atom. The quantitative estimate of drug-likeness (QED) is 0.252. The first kappa shape index (κ1) is 20.8. The molecule has 1 aliphatic heterocycles. The lowest BCUT2D eigenvalue weighted by Gasteiger charge is -2.14.